The van der Waals surface area contributed by atoms with Crippen molar-refractivity contribution in [1.29, 1.82) is 0 Å². The van der Waals surface area contributed by atoms with Gasteiger partial charge in [0.2, 0.25) is 5.78 Å². The number of anilines is 1. The van der Waals surface area contributed by atoms with E-state index in [0.717, 1.165) is 0 Å². The van der Waals surface area contributed by atoms with E-state index in [1.807, 2.05) is 0 Å². The largest absolute Gasteiger partial charge is 0.394 e. The first-order valence-electron chi connectivity index (χ1n) is 9.17. The van der Waals surface area contributed by atoms with Crippen LogP contribution >= 0.6 is 0 Å². The van der Waals surface area contributed by atoms with Crippen LogP contribution in [0, 0.1) is 0 Å². The molecule has 0 radical (unpaired) electrons. The van der Waals surface area contributed by atoms with Crippen molar-refractivity contribution in [3.8, 4) is 0 Å². The molecule has 0 bridgehead atoms. The summed E-state index contributed by atoms with van der Waals surface area (Å²) in [6.45, 7) is 7.02. The average Bonchev–Trinajstić information content (AvgIpc) is 3.17. The summed E-state index contributed by atoms with van der Waals surface area (Å²) in [6.07, 6.45) is 8.41. The van der Waals surface area contributed by atoms with Crippen LogP contribution in [-0.4, -0.2) is 44.9 Å². The number of aliphatic hydroxyl groups is 1. The Labute approximate surface area is 174 Å². The van der Waals surface area contributed by atoms with Gasteiger partial charge in [-0.1, -0.05) is 49.1 Å². The van der Waals surface area contributed by atoms with Crippen molar-refractivity contribution in [2.45, 2.75) is 12.5 Å². The molecule has 30 heavy (non-hydrogen) atoms. The van der Waals surface area contributed by atoms with Gasteiger partial charge in [-0.15, -0.1) is 0 Å². The second-order valence-corrected chi connectivity index (χ2v) is 6.54. The third kappa shape index (κ3) is 6.11. The Hall–Kier alpha value is -3.78. The number of nitrogens with zero attached hydrogens (tertiary/aromatic N) is 2. The van der Waals surface area contributed by atoms with Crippen molar-refractivity contribution in [2.24, 2.45) is 7.05 Å². The summed E-state index contributed by atoms with van der Waals surface area (Å²) in [7, 11) is 1.70. The van der Waals surface area contributed by atoms with Gasteiger partial charge in [0.25, 0.3) is 0 Å². The maximum Gasteiger partial charge on any atom is 0.313 e. The summed E-state index contributed by atoms with van der Waals surface area (Å²) < 4.78 is 1.59. The average molecular weight is 408 g/mol. The minimum absolute atomic E-state index is 0.257. The van der Waals surface area contributed by atoms with Crippen LogP contribution in [0.25, 0.3) is 0 Å². The molecule has 0 fully saturated rings. The molecule has 1 atom stereocenters. The number of aromatic nitrogens is 2. The molecule has 0 aliphatic heterocycles. The van der Waals surface area contributed by atoms with Crippen molar-refractivity contribution in [3.05, 3.63) is 85.0 Å². The number of amides is 2. The van der Waals surface area contributed by atoms with Crippen LogP contribution in [0.3, 0.4) is 0 Å². The monoisotopic (exact) mass is 408 g/mol. The zero-order chi connectivity index (χ0) is 22.1. The zero-order valence-electron chi connectivity index (χ0n) is 16.7. The molecule has 8 heteroatoms. The molecule has 2 aromatic rings. The third-order valence-corrected chi connectivity index (χ3v) is 4.15. The maximum absolute atomic E-state index is 12.5. The smallest absolute Gasteiger partial charge is 0.313 e. The minimum atomic E-state index is -0.915. The number of carbonyl (C=O) groups is 3. The summed E-state index contributed by atoms with van der Waals surface area (Å²) in [5.74, 6) is -1.88. The number of benzene rings is 1. The van der Waals surface area contributed by atoms with Gasteiger partial charge >= 0.3 is 11.8 Å². The molecule has 0 aliphatic rings. The molecule has 1 unspecified atom stereocenters. The zero-order valence-corrected chi connectivity index (χ0v) is 16.7. The number of aryl methyl sites for hydroxylation is 1. The number of imidazole rings is 1. The standard InChI is InChI=1S/C22H24N4O4/c1-4-5-7-15(2)12-18(14-27)25-22(30)21(29)24-17-9-6-8-16(13-17)19(28)20-23-10-11-26(20)3/h4-11,13,18,27H,1-2,12,14H2,3H3,(H,24,29)(H,25,30)/b7-5-. The Kier molecular flexibility index (Phi) is 8.01. The van der Waals surface area contributed by atoms with Gasteiger partial charge in [0.05, 0.1) is 12.6 Å². The number of allylic oxidation sites excluding steroid dienone is 3. The van der Waals surface area contributed by atoms with Crippen LogP contribution in [0.1, 0.15) is 22.6 Å². The lowest BCUT2D eigenvalue weighted by Gasteiger charge is -2.16. The number of nitrogens with one attached hydrogen (secondary N) is 2. The number of hydrogen-bond acceptors (Lipinski definition) is 5. The van der Waals surface area contributed by atoms with E-state index < -0.39 is 17.9 Å². The van der Waals surface area contributed by atoms with Crippen molar-refractivity contribution >= 4 is 23.3 Å². The first-order chi connectivity index (χ1) is 14.3. The number of ketones is 1. The molecule has 2 rings (SSSR count). The molecule has 1 heterocycles. The normalized spacial score (nSPS) is 11.7. The Morgan fingerprint density at radius 3 is 2.70 bits per heavy atom. The molecule has 2 amide bonds. The van der Waals surface area contributed by atoms with Gasteiger partial charge in [0.15, 0.2) is 5.82 Å². The Morgan fingerprint density at radius 1 is 1.30 bits per heavy atom. The van der Waals surface area contributed by atoms with Crippen molar-refractivity contribution in [3.63, 3.8) is 0 Å². The van der Waals surface area contributed by atoms with Crippen LogP contribution < -0.4 is 10.6 Å². The quantitative estimate of drug-likeness (QED) is 0.332. The lowest BCUT2D eigenvalue weighted by molar-refractivity contribution is -0.136. The lowest BCUT2D eigenvalue weighted by Crippen LogP contribution is -2.43. The van der Waals surface area contributed by atoms with Crippen molar-refractivity contribution in [1.82, 2.24) is 14.9 Å². The summed E-state index contributed by atoms with van der Waals surface area (Å²) in [4.78, 5) is 41.0. The van der Waals surface area contributed by atoms with Crippen LogP contribution in [0.2, 0.25) is 0 Å². The Bertz CT molecular complexity index is 991. The first-order valence-corrected chi connectivity index (χ1v) is 9.17. The summed E-state index contributed by atoms with van der Waals surface area (Å²) >= 11 is 0. The molecule has 0 saturated carbocycles. The molecule has 0 spiro atoms. The van der Waals surface area contributed by atoms with Crippen LogP contribution in [-0.2, 0) is 16.6 Å². The van der Waals surface area contributed by atoms with E-state index in [2.05, 4.69) is 28.8 Å². The summed E-state index contributed by atoms with van der Waals surface area (Å²) in [5, 5.41) is 14.4. The summed E-state index contributed by atoms with van der Waals surface area (Å²) in [5.41, 5.74) is 1.27. The summed E-state index contributed by atoms with van der Waals surface area (Å²) in [6, 6.07) is 5.55. The second-order valence-electron chi connectivity index (χ2n) is 6.54. The topological polar surface area (TPSA) is 113 Å². The van der Waals surface area contributed by atoms with E-state index in [1.165, 1.54) is 12.3 Å². The predicted molar refractivity (Wildman–Crippen MR) is 114 cm³/mol. The fraction of sp³-hybridized carbons (Fsp3) is 0.182. The highest BCUT2D eigenvalue weighted by molar-refractivity contribution is 6.39. The number of hydrogen-bond donors (Lipinski definition) is 3. The van der Waals surface area contributed by atoms with Crippen LogP contribution in [0.5, 0.6) is 0 Å². The third-order valence-electron chi connectivity index (χ3n) is 4.15. The highest BCUT2D eigenvalue weighted by Crippen LogP contribution is 2.14. The predicted octanol–water partition coefficient (Wildman–Crippen LogP) is 1.76. The minimum Gasteiger partial charge on any atom is -0.394 e. The van der Waals surface area contributed by atoms with Gasteiger partial charge in [0.1, 0.15) is 0 Å². The molecular weight excluding hydrogens is 384 g/mol. The van der Waals surface area contributed by atoms with Gasteiger partial charge in [0, 0.05) is 30.7 Å². The molecular formula is C22H24N4O4. The van der Waals surface area contributed by atoms with E-state index >= 15 is 0 Å². The molecule has 0 aliphatic carbocycles. The molecule has 156 valence electrons. The fourth-order valence-electron chi connectivity index (χ4n) is 2.64. The Balaban J connectivity index is 2.01. The highest BCUT2D eigenvalue weighted by Gasteiger charge is 2.20. The Morgan fingerprint density at radius 2 is 2.07 bits per heavy atom. The van der Waals surface area contributed by atoms with E-state index in [9.17, 15) is 19.5 Å². The first kappa shape index (κ1) is 22.5. The van der Waals surface area contributed by atoms with Crippen molar-refractivity contribution < 1.29 is 19.5 Å². The van der Waals surface area contributed by atoms with Gasteiger partial charge in [-0.2, -0.15) is 0 Å². The molecule has 0 saturated heterocycles. The van der Waals surface area contributed by atoms with E-state index in [4.69, 9.17) is 0 Å². The van der Waals surface area contributed by atoms with Crippen LogP contribution in [0.15, 0.2) is 73.6 Å². The van der Waals surface area contributed by atoms with Crippen molar-refractivity contribution in [2.75, 3.05) is 11.9 Å². The van der Waals surface area contributed by atoms with Gasteiger partial charge in [-0.3, -0.25) is 14.4 Å². The molecule has 8 nitrogen and oxygen atoms in total. The number of carbonyl (C=O) groups excluding carboxylic acids is 3. The van der Waals surface area contributed by atoms with Gasteiger partial charge in [-0.25, -0.2) is 4.98 Å². The molecule has 3 N–H and O–H groups in total. The van der Waals surface area contributed by atoms with Gasteiger partial charge in [-0.05, 0) is 18.6 Å². The second kappa shape index (κ2) is 10.7. The van der Waals surface area contributed by atoms with E-state index in [1.54, 1.807) is 54.2 Å². The highest BCUT2D eigenvalue weighted by atomic mass is 16.3. The van der Waals surface area contributed by atoms with Crippen LogP contribution in [0.4, 0.5) is 5.69 Å². The fourth-order valence-corrected chi connectivity index (χ4v) is 2.64. The van der Waals surface area contributed by atoms with E-state index in [-0.39, 0.29) is 30.3 Å². The maximum atomic E-state index is 12.5. The number of aliphatic hydroxyl groups excluding tert-OH is 1. The number of rotatable bonds is 9. The van der Waals surface area contributed by atoms with Gasteiger partial charge < -0.3 is 20.3 Å². The lowest BCUT2D eigenvalue weighted by atomic mass is 10.1. The molecule has 1 aromatic heterocycles. The van der Waals surface area contributed by atoms with E-state index in [0.29, 0.717) is 11.1 Å². The SMILES string of the molecule is C=C/C=C\C(=C)CC(CO)NC(=O)C(=O)Nc1cccc(C(=O)c2nccn2C)c1. The molecule has 1 aromatic carbocycles.